The number of benzene rings is 1. The first-order valence-electron chi connectivity index (χ1n) is 7.30. The van der Waals surface area contributed by atoms with Crippen molar-refractivity contribution in [2.75, 3.05) is 6.54 Å². The summed E-state index contributed by atoms with van der Waals surface area (Å²) in [6.45, 7) is 4.62. The van der Waals surface area contributed by atoms with E-state index in [1.807, 2.05) is 47.1 Å². The van der Waals surface area contributed by atoms with Crippen LogP contribution in [-0.4, -0.2) is 26.5 Å². The summed E-state index contributed by atoms with van der Waals surface area (Å²) >= 11 is 0. The van der Waals surface area contributed by atoms with Gasteiger partial charge in [-0.05, 0) is 37.2 Å². The largest absolute Gasteiger partial charge is 0.311 e. The molecule has 3 aromatic rings. The molecule has 2 heterocycles. The Hall–Kier alpha value is -2.27. The van der Waals surface area contributed by atoms with E-state index in [2.05, 4.69) is 27.5 Å². The van der Waals surface area contributed by atoms with E-state index in [-0.39, 0.29) is 0 Å². The Labute approximate surface area is 124 Å². The second kappa shape index (κ2) is 6.45. The second-order valence-electron chi connectivity index (χ2n) is 5.03. The lowest BCUT2D eigenvalue weighted by molar-refractivity contribution is 0.639. The van der Waals surface area contributed by atoms with Crippen LogP contribution in [0.3, 0.4) is 0 Å². The summed E-state index contributed by atoms with van der Waals surface area (Å²) < 4.78 is 1.89. The number of nitrogens with one attached hydrogen (secondary N) is 1. The third-order valence-electron chi connectivity index (χ3n) is 3.33. The smallest absolute Gasteiger partial charge is 0.113 e. The molecule has 0 saturated carbocycles. The predicted octanol–water partition coefficient (Wildman–Crippen LogP) is 2.37. The van der Waals surface area contributed by atoms with Gasteiger partial charge in [-0.2, -0.15) is 0 Å². The van der Waals surface area contributed by atoms with Gasteiger partial charge < -0.3 is 5.32 Å². The number of pyridine rings is 1. The Balaban J connectivity index is 1.76. The maximum Gasteiger partial charge on any atom is 0.113 e. The predicted molar refractivity (Wildman–Crippen MR) is 82.9 cm³/mol. The van der Waals surface area contributed by atoms with E-state index in [0.717, 1.165) is 41.9 Å². The number of fused-ring (bicyclic) bond motifs is 1. The van der Waals surface area contributed by atoms with Crippen LogP contribution in [0.1, 0.15) is 24.7 Å². The third kappa shape index (κ3) is 3.25. The summed E-state index contributed by atoms with van der Waals surface area (Å²) in [5.41, 5.74) is 4.01. The highest BCUT2D eigenvalue weighted by Crippen LogP contribution is 2.11. The quantitative estimate of drug-likeness (QED) is 0.705. The van der Waals surface area contributed by atoms with Crippen LogP contribution in [-0.2, 0) is 13.1 Å². The molecular weight excluding hydrogens is 262 g/mol. The molecule has 5 heteroatoms. The highest BCUT2D eigenvalue weighted by atomic mass is 15.4. The van der Waals surface area contributed by atoms with Gasteiger partial charge in [-0.25, -0.2) is 4.68 Å². The molecule has 1 aromatic carbocycles. The first-order valence-corrected chi connectivity index (χ1v) is 7.30. The Morgan fingerprint density at radius 2 is 1.90 bits per heavy atom. The molecule has 0 amide bonds. The maximum atomic E-state index is 4.68. The normalized spacial score (nSPS) is 11.1. The van der Waals surface area contributed by atoms with Gasteiger partial charge in [0.15, 0.2) is 0 Å². The molecule has 3 rings (SSSR count). The lowest BCUT2D eigenvalue weighted by Crippen LogP contribution is -2.15. The highest BCUT2D eigenvalue weighted by Gasteiger charge is 2.05. The van der Waals surface area contributed by atoms with E-state index in [0.29, 0.717) is 6.54 Å². The van der Waals surface area contributed by atoms with Crippen LogP contribution in [0.15, 0.2) is 42.5 Å². The lowest BCUT2D eigenvalue weighted by atomic mass is 10.2. The van der Waals surface area contributed by atoms with Gasteiger partial charge in [0, 0.05) is 6.54 Å². The van der Waals surface area contributed by atoms with Crippen LogP contribution in [0, 0.1) is 0 Å². The fraction of sp³-hybridized carbons (Fsp3) is 0.312. The third-order valence-corrected chi connectivity index (χ3v) is 3.33. The topological polar surface area (TPSA) is 55.6 Å². The molecule has 0 unspecified atom stereocenters. The standard InChI is InChI=1S/C16H19N5/c1-2-10-17-11-13-6-5-7-14(18-13)12-21-16-9-4-3-8-15(16)19-20-21/h3-9,17H,2,10-12H2,1H3. The van der Waals surface area contributed by atoms with Gasteiger partial charge in [-0.15, -0.1) is 5.10 Å². The Morgan fingerprint density at radius 1 is 1.05 bits per heavy atom. The fourth-order valence-corrected chi connectivity index (χ4v) is 2.30. The molecule has 2 aromatic heterocycles. The zero-order chi connectivity index (χ0) is 14.5. The minimum atomic E-state index is 0.641. The SMILES string of the molecule is CCCNCc1cccc(Cn2nnc3ccccc32)n1. The van der Waals surface area contributed by atoms with Crippen molar-refractivity contribution in [2.24, 2.45) is 0 Å². The van der Waals surface area contributed by atoms with Crippen LogP contribution < -0.4 is 5.32 Å². The first kappa shape index (κ1) is 13.7. The summed E-state index contributed by atoms with van der Waals surface area (Å²) in [7, 11) is 0. The van der Waals surface area contributed by atoms with Crippen LogP contribution in [0.25, 0.3) is 11.0 Å². The minimum Gasteiger partial charge on any atom is -0.311 e. The van der Waals surface area contributed by atoms with Crippen molar-refractivity contribution in [3.05, 3.63) is 53.9 Å². The number of rotatable bonds is 6. The number of aromatic nitrogens is 4. The van der Waals surface area contributed by atoms with Crippen molar-refractivity contribution in [1.82, 2.24) is 25.3 Å². The molecule has 0 aliphatic heterocycles. The van der Waals surface area contributed by atoms with E-state index >= 15 is 0 Å². The van der Waals surface area contributed by atoms with E-state index in [9.17, 15) is 0 Å². The van der Waals surface area contributed by atoms with Gasteiger partial charge in [0.05, 0.1) is 23.4 Å². The first-order chi connectivity index (χ1) is 10.4. The van der Waals surface area contributed by atoms with Crippen LogP contribution in [0.2, 0.25) is 0 Å². The maximum absolute atomic E-state index is 4.68. The van der Waals surface area contributed by atoms with E-state index < -0.39 is 0 Å². The van der Waals surface area contributed by atoms with Gasteiger partial charge in [0.2, 0.25) is 0 Å². The summed E-state index contributed by atoms with van der Waals surface area (Å²) in [5.74, 6) is 0. The second-order valence-corrected chi connectivity index (χ2v) is 5.03. The van der Waals surface area contributed by atoms with Gasteiger partial charge in [-0.3, -0.25) is 4.98 Å². The van der Waals surface area contributed by atoms with Crippen molar-refractivity contribution in [3.63, 3.8) is 0 Å². The van der Waals surface area contributed by atoms with Crippen LogP contribution in [0.5, 0.6) is 0 Å². The molecule has 0 aliphatic carbocycles. The number of para-hydroxylation sites is 1. The van der Waals surface area contributed by atoms with Crippen molar-refractivity contribution in [3.8, 4) is 0 Å². The average Bonchev–Trinajstić information content (AvgIpc) is 2.91. The molecule has 1 N–H and O–H groups in total. The number of hydrogen-bond donors (Lipinski definition) is 1. The molecular formula is C16H19N5. The highest BCUT2D eigenvalue weighted by molar-refractivity contribution is 5.73. The number of hydrogen-bond acceptors (Lipinski definition) is 4. The Bertz CT molecular complexity index is 719. The van der Waals surface area contributed by atoms with Crippen molar-refractivity contribution in [1.29, 1.82) is 0 Å². The minimum absolute atomic E-state index is 0.641. The van der Waals surface area contributed by atoms with Crippen LogP contribution in [0.4, 0.5) is 0 Å². The number of nitrogens with zero attached hydrogens (tertiary/aromatic N) is 4. The summed E-state index contributed by atoms with van der Waals surface area (Å²) in [6, 6.07) is 14.1. The van der Waals surface area contributed by atoms with Gasteiger partial charge in [0.1, 0.15) is 5.52 Å². The zero-order valence-corrected chi connectivity index (χ0v) is 12.2. The monoisotopic (exact) mass is 281 g/mol. The van der Waals surface area contributed by atoms with E-state index in [1.54, 1.807) is 0 Å². The van der Waals surface area contributed by atoms with E-state index in [4.69, 9.17) is 0 Å². The van der Waals surface area contributed by atoms with Gasteiger partial charge >= 0.3 is 0 Å². The molecule has 5 nitrogen and oxygen atoms in total. The molecule has 0 bridgehead atoms. The Morgan fingerprint density at radius 3 is 2.81 bits per heavy atom. The van der Waals surface area contributed by atoms with Crippen molar-refractivity contribution < 1.29 is 0 Å². The molecule has 21 heavy (non-hydrogen) atoms. The summed E-state index contributed by atoms with van der Waals surface area (Å²) in [6.07, 6.45) is 1.13. The Kier molecular flexibility index (Phi) is 4.21. The molecule has 0 fully saturated rings. The lowest BCUT2D eigenvalue weighted by Gasteiger charge is -2.06. The fourth-order valence-electron chi connectivity index (χ4n) is 2.30. The molecule has 0 aliphatic rings. The molecule has 0 saturated heterocycles. The summed E-state index contributed by atoms with van der Waals surface area (Å²) in [4.78, 5) is 4.68. The van der Waals surface area contributed by atoms with Gasteiger partial charge in [0.25, 0.3) is 0 Å². The molecule has 0 spiro atoms. The summed E-state index contributed by atoms with van der Waals surface area (Å²) in [5, 5.41) is 11.7. The van der Waals surface area contributed by atoms with E-state index in [1.165, 1.54) is 0 Å². The van der Waals surface area contributed by atoms with Crippen molar-refractivity contribution in [2.45, 2.75) is 26.4 Å². The van der Waals surface area contributed by atoms with Crippen molar-refractivity contribution >= 4 is 11.0 Å². The van der Waals surface area contributed by atoms with Crippen LogP contribution >= 0.6 is 0 Å². The molecule has 0 radical (unpaired) electrons. The molecule has 108 valence electrons. The average molecular weight is 281 g/mol. The zero-order valence-electron chi connectivity index (χ0n) is 12.2. The van der Waals surface area contributed by atoms with Gasteiger partial charge in [-0.1, -0.05) is 30.3 Å². The molecule has 0 atom stereocenters.